The minimum Gasteiger partial charge on any atom is -0.381 e. The highest BCUT2D eigenvalue weighted by molar-refractivity contribution is 9.10. The molecule has 0 radical (unpaired) electrons. The maximum Gasteiger partial charge on any atom is 0.132 e. The van der Waals surface area contributed by atoms with E-state index in [-0.39, 0.29) is 6.04 Å². The van der Waals surface area contributed by atoms with Crippen molar-refractivity contribution in [2.45, 2.75) is 32.9 Å². The van der Waals surface area contributed by atoms with E-state index in [1.165, 1.54) is 11.3 Å². The summed E-state index contributed by atoms with van der Waals surface area (Å²) in [5.74, 6) is 0. The van der Waals surface area contributed by atoms with Crippen molar-refractivity contribution >= 4 is 38.9 Å². The summed E-state index contributed by atoms with van der Waals surface area (Å²) in [4.78, 5) is 0.761. The number of thiophene rings is 1. The zero-order valence-corrected chi connectivity index (χ0v) is 13.5. The minimum absolute atomic E-state index is 0.181. The smallest absolute Gasteiger partial charge is 0.132 e. The highest BCUT2D eigenvalue weighted by Gasteiger charge is 2.24. The maximum atomic E-state index is 10.5. The molecule has 1 atom stereocenters. The molecular formula is C12H14BrClN2OS. The van der Waals surface area contributed by atoms with Gasteiger partial charge in [-0.3, -0.25) is 4.68 Å². The molecule has 98 valence electrons. The topological polar surface area (TPSA) is 38.1 Å². The Kier molecular flexibility index (Phi) is 4.16. The van der Waals surface area contributed by atoms with Crippen LogP contribution in [0.3, 0.4) is 0 Å². The lowest BCUT2D eigenvalue weighted by atomic mass is 10.2. The Morgan fingerprint density at radius 3 is 2.67 bits per heavy atom. The second-order valence-electron chi connectivity index (χ2n) is 4.42. The number of aliphatic hydroxyl groups excluding tert-OH is 1. The van der Waals surface area contributed by atoms with Crippen LogP contribution in [-0.4, -0.2) is 14.9 Å². The fourth-order valence-corrected chi connectivity index (χ4v) is 3.55. The minimum atomic E-state index is -0.754. The monoisotopic (exact) mass is 348 g/mol. The fraction of sp³-hybridized carbons (Fsp3) is 0.417. The first kappa shape index (κ1) is 14.1. The van der Waals surface area contributed by atoms with E-state index in [0.29, 0.717) is 5.02 Å². The van der Waals surface area contributed by atoms with Crippen LogP contribution in [0, 0.1) is 6.92 Å². The number of hydrogen-bond acceptors (Lipinski definition) is 3. The maximum absolute atomic E-state index is 10.5. The highest BCUT2D eigenvalue weighted by atomic mass is 79.9. The summed E-state index contributed by atoms with van der Waals surface area (Å²) in [6.07, 6.45) is 0.947. The van der Waals surface area contributed by atoms with Crippen LogP contribution in [-0.2, 0) is 0 Å². The van der Waals surface area contributed by atoms with Crippen molar-refractivity contribution in [2.24, 2.45) is 0 Å². The van der Waals surface area contributed by atoms with Gasteiger partial charge >= 0.3 is 0 Å². The number of nitrogens with zero attached hydrogens (tertiary/aromatic N) is 2. The molecule has 2 aromatic heterocycles. The van der Waals surface area contributed by atoms with Crippen LogP contribution in [0.5, 0.6) is 0 Å². The molecule has 2 aromatic rings. The van der Waals surface area contributed by atoms with E-state index in [4.69, 9.17) is 11.6 Å². The second kappa shape index (κ2) is 5.33. The fourth-order valence-electron chi connectivity index (χ4n) is 1.78. The standard InChI is InChI=1S/C12H14BrClN2OS/c1-6(2)16-10(8(13)4-15-16)11(17)12-9(14)7(3)5-18-12/h4-6,11,17H,1-3H3. The van der Waals surface area contributed by atoms with E-state index < -0.39 is 6.10 Å². The predicted molar refractivity (Wildman–Crippen MR) is 78.4 cm³/mol. The molecule has 1 unspecified atom stereocenters. The van der Waals surface area contributed by atoms with Gasteiger partial charge in [-0.15, -0.1) is 11.3 Å². The predicted octanol–water partition coefficient (Wildman–Crippen LogP) is 4.33. The van der Waals surface area contributed by atoms with Crippen LogP contribution < -0.4 is 0 Å². The van der Waals surface area contributed by atoms with Gasteiger partial charge in [0.2, 0.25) is 0 Å². The van der Waals surface area contributed by atoms with E-state index in [1.807, 2.05) is 26.2 Å². The molecule has 0 fully saturated rings. The summed E-state index contributed by atoms with van der Waals surface area (Å²) >= 11 is 11.1. The number of hydrogen-bond donors (Lipinski definition) is 1. The van der Waals surface area contributed by atoms with Crippen LogP contribution >= 0.6 is 38.9 Å². The van der Waals surface area contributed by atoms with Crippen LogP contribution in [0.15, 0.2) is 16.0 Å². The molecule has 0 saturated heterocycles. The second-order valence-corrected chi connectivity index (χ2v) is 6.56. The zero-order valence-electron chi connectivity index (χ0n) is 10.3. The molecule has 0 aliphatic carbocycles. The molecule has 0 spiro atoms. The summed E-state index contributed by atoms with van der Waals surface area (Å²) in [5.41, 5.74) is 1.73. The molecule has 6 heteroatoms. The quantitative estimate of drug-likeness (QED) is 0.895. The summed E-state index contributed by atoms with van der Waals surface area (Å²) in [6, 6.07) is 0.181. The normalized spacial score (nSPS) is 13.3. The molecule has 2 rings (SSSR count). The van der Waals surface area contributed by atoms with Gasteiger partial charge in [-0.05, 0) is 47.6 Å². The Hall–Kier alpha value is -0.360. The van der Waals surface area contributed by atoms with Gasteiger partial charge in [0.05, 0.1) is 26.3 Å². The summed E-state index contributed by atoms with van der Waals surface area (Å²) in [6.45, 7) is 5.98. The van der Waals surface area contributed by atoms with Crippen molar-refractivity contribution in [2.75, 3.05) is 0 Å². The van der Waals surface area contributed by atoms with Gasteiger partial charge < -0.3 is 5.11 Å². The molecule has 0 saturated carbocycles. The van der Waals surface area contributed by atoms with Crippen molar-refractivity contribution in [3.63, 3.8) is 0 Å². The van der Waals surface area contributed by atoms with Crippen molar-refractivity contribution in [1.82, 2.24) is 9.78 Å². The summed E-state index contributed by atoms with van der Waals surface area (Å²) in [7, 11) is 0. The van der Waals surface area contributed by atoms with Gasteiger partial charge in [0.15, 0.2) is 0 Å². The van der Waals surface area contributed by atoms with Gasteiger partial charge in [0, 0.05) is 6.04 Å². The van der Waals surface area contributed by atoms with Crippen molar-refractivity contribution in [1.29, 1.82) is 0 Å². The number of rotatable bonds is 3. The van der Waals surface area contributed by atoms with Gasteiger partial charge in [-0.1, -0.05) is 11.6 Å². The van der Waals surface area contributed by atoms with Gasteiger partial charge in [0.1, 0.15) is 6.10 Å². The van der Waals surface area contributed by atoms with Crippen LogP contribution in [0.2, 0.25) is 5.02 Å². The number of aromatic nitrogens is 2. The molecule has 0 aromatic carbocycles. The first-order valence-corrected chi connectivity index (χ1v) is 7.63. The van der Waals surface area contributed by atoms with E-state index in [2.05, 4.69) is 21.0 Å². The Morgan fingerprint density at radius 2 is 2.17 bits per heavy atom. The molecule has 0 aliphatic heterocycles. The highest BCUT2D eigenvalue weighted by Crippen LogP contribution is 2.38. The van der Waals surface area contributed by atoms with Crippen LogP contribution in [0.25, 0.3) is 0 Å². The third-order valence-electron chi connectivity index (χ3n) is 2.71. The zero-order chi connectivity index (χ0) is 13.4. The summed E-state index contributed by atoms with van der Waals surface area (Å²) in [5, 5.41) is 17.4. The van der Waals surface area contributed by atoms with Crippen LogP contribution in [0.4, 0.5) is 0 Å². The number of aryl methyl sites for hydroxylation is 1. The van der Waals surface area contributed by atoms with Crippen molar-refractivity contribution < 1.29 is 5.11 Å². The molecule has 0 aliphatic rings. The Bertz CT molecular complexity index is 564. The Morgan fingerprint density at radius 1 is 1.50 bits per heavy atom. The van der Waals surface area contributed by atoms with Gasteiger partial charge in [-0.25, -0.2) is 0 Å². The third kappa shape index (κ3) is 2.37. The molecule has 2 heterocycles. The number of aliphatic hydroxyl groups is 1. The molecule has 3 nitrogen and oxygen atoms in total. The lowest BCUT2D eigenvalue weighted by Crippen LogP contribution is -2.12. The van der Waals surface area contributed by atoms with Crippen molar-refractivity contribution in [3.8, 4) is 0 Å². The Balaban J connectivity index is 2.49. The van der Waals surface area contributed by atoms with E-state index in [9.17, 15) is 5.11 Å². The molecule has 18 heavy (non-hydrogen) atoms. The van der Waals surface area contributed by atoms with E-state index in [1.54, 1.807) is 10.9 Å². The first-order chi connectivity index (χ1) is 8.43. The average molecular weight is 350 g/mol. The molecule has 1 N–H and O–H groups in total. The van der Waals surface area contributed by atoms with Crippen molar-refractivity contribution in [3.05, 3.63) is 37.2 Å². The Labute approximate surface area is 124 Å². The molecular weight excluding hydrogens is 336 g/mol. The lowest BCUT2D eigenvalue weighted by Gasteiger charge is -2.16. The largest absolute Gasteiger partial charge is 0.381 e. The average Bonchev–Trinajstić information content (AvgIpc) is 2.84. The molecule has 0 amide bonds. The third-order valence-corrected chi connectivity index (χ3v) is 5.09. The van der Waals surface area contributed by atoms with Gasteiger partial charge in [-0.2, -0.15) is 5.10 Å². The lowest BCUT2D eigenvalue weighted by molar-refractivity contribution is 0.208. The number of halogens is 2. The first-order valence-electron chi connectivity index (χ1n) is 5.58. The SMILES string of the molecule is Cc1csc(C(O)c2c(Br)cnn2C(C)C)c1Cl. The van der Waals surface area contributed by atoms with Gasteiger partial charge in [0.25, 0.3) is 0 Å². The van der Waals surface area contributed by atoms with E-state index in [0.717, 1.165) is 20.6 Å². The molecule has 0 bridgehead atoms. The van der Waals surface area contributed by atoms with E-state index >= 15 is 0 Å². The summed E-state index contributed by atoms with van der Waals surface area (Å²) < 4.78 is 2.60. The van der Waals surface area contributed by atoms with Crippen LogP contribution in [0.1, 0.15) is 42.1 Å².